The average molecular weight is 257 g/mol. The Morgan fingerprint density at radius 1 is 1.11 bits per heavy atom. The van der Waals surface area contributed by atoms with Crippen LogP contribution in [0.3, 0.4) is 0 Å². The molecule has 0 unspecified atom stereocenters. The molecule has 0 radical (unpaired) electrons. The quantitative estimate of drug-likeness (QED) is 0.556. The maximum atomic E-state index is 11.6. The van der Waals surface area contributed by atoms with Crippen molar-refractivity contribution >= 4 is 11.7 Å². The second-order valence-corrected chi connectivity index (χ2v) is 6.69. The van der Waals surface area contributed by atoms with Gasteiger partial charge in [0.2, 0.25) is 5.91 Å². The van der Waals surface area contributed by atoms with Gasteiger partial charge in [-0.15, -0.1) is 0 Å². The zero-order valence-corrected chi connectivity index (χ0v) is 12.8. The number of nitrogens with one attached hydrogen (secondary N) is 1. The molecule has 4 nitrogen and oxygen atoms in total. The molecular formula is C14H29N2O2+. The maximum absolute atomic E-state index is 11.6. The first-order valence-electron chi connectivity index (χ1n) is 6.64. The van der Waals surface area contributed by atoms with E-state index in [0.29, 0.717) is 13.0 Å². The number of carbonyl (C=O) groups excluding carboxylic acids is 2. The van der Waals surface area contributed by atoms with Crippen LogP contribution in [-0.2, 0) is 9.59 Å². The first-order valence-corrected chi connectivity index (χ1v) is 6.64. The minimum atomic E-state index is -0.320. The van der Waals surface area contributed by atoms with E-state index in [4.69, 9.17) is 0 Å². The Labute approximate surface area is 111 Å². The lowest BCUT2D eigenvalue weighted by Crippen LogP contribution is -2.43. The predicted molar refractivity (Wildman–Crippen MR) is 74.2 cm³/mol. The summed E-state index contributed by atoms with van der Waals surface area (Å²) in [6.45, 7) is 9.90. The van der Waals surface area contributed by atoms with Crippen LogP contribution in [0.1, 0.15) is 40.5 Å². The van der Waals surface area contributed by atoms with Crippen molar-refractivity contribution in [3.8, 4) is 0 Å². The molecule has 1 amide bonds. The van der Waals surface area contributed by atoms with E-state index >= 15 is 0 Å². The van der Waals surface area contributed by atoms with Gasteiger partial charge in [0.1, 0.15) is 5.78 Å². The summed E-state index contributed by atoms with van der Waals surface area (Å²) in [5.74, 6) is 0.332. The summed E-state index contributed by atoms with van der Waals surface area (Å²) in [7, 11) is 4.24. The molecule has 0 rings (SSSR count). The van der Waals surface area contributed by atoms with E-state index in [2.05, 4.69) is 19.4 Å². The summed E-state index contributed by atoms with van der Waals surface area (Å²) >= 11 is 0. The van der Waals surface area contributed by atoms with Crippen LogP contribution in [0.15, 0.2) is 0 Å². The number of amides is 1. The van der Waals surface area contributed by atoms with Crippen molar-refractivity contribution in [2.45, 2.75) is 40.5 Å². The van der Waals surface area contributed by atoms with Crippen molar-refractivity contribution in [1.82, 2.24) is 5.32 Å². The molecule has 0 aliphatic heterocycles. The van der Waals surface area contributed by atoms with Crippen LogP contribution < -0.4 is 5.32 Å². The van der Waals surface area contributed by atoms with Gasteiger partial charge in [-0.1, -0.05) is 20.8 Å². The SMILES string of the molecule is CC(=O)CC[N+](C)(C)CCCNC(=O)C(C)(C)C. The van der Waals surface area contributed by atoms with Gasteiger partial charge in [-0.2, -0.15) is 0 Å². The van der Waals surface area contributed by atoms with Crippen LogP contribution in [0.5, 0.6) is 0 Å². The van der Waals surface area contributed by atoms with Gasteiger partial charge in [-0.25, -0.2) is 0 Å². The van der Waals surface area contributed by atoms with E-state index in [-0.39, 0.29) is 17.1 Å². The molecule has 0 aromatic rings. The minimum absolute atomic E-state index is 0.0940. The fourth-order valence-electron chi connectivity index (χ4n) is 1.55. The van der Waals surface area contributed by atoms with Crippen molar-refractivity contribution in [2.75, 3.05) is 33.7 Å². The standard InChI is InChI=1S/C14H28N2O2/c1-12(17)8-11-16(5,6)10-7-9-15-13(18)14(2,3)4/h7-11H2,1-6H3/p+1. The highest BCUT2D eigenvalue weighted by atomic mass is 16.2. The highest BCUT2D eigenvalue weighted by Crippen LogP contribution is 2.12. The van der Waals surface area contributed by atoms with Crippen molar-refractivity contribution < 1.29 is 14.1 Å². The summed E-state index contributed by atoms with van der Waals surface area (Å²) in [4.78, 5) is 22.6. The fourth-order valence-corrected chi connectivity index (χ4v) is 1.55. The van der Waals surface area contributed by atoms with E-state index in [0.717, 1.165) is 24.0 Å². The van der Waals surface area contributed by atoms with Crippen LogP contribution in [0, 0.1) is 5.41 Å². The Morgan fingerprint density at radius 3 is 2.11 bits per heavy atom. The molecule has 0 aliphatic carbocycles. The Kier molecular flexibility index (Phi) is 6.54. The summed E-state index contributed by atoms with van der Waals surface area (Å²) in [5.41, 5.74) is -0.320. The Hall–Kier alpha value is -0.900. The van der Waals surface area contributed by atoms with Crippen LogP contribution in [0.2, 0.25) is 0 Å². The minimum Gasteiger partial charge on any atom is -0.355 e. The zero-order chi connectivity index (χ0) is 14.4. The highest BCUT2D eigenvalue weighted by molar-refractivity contribution is 5.81. The van der Waals surface area contributed by atoms with Crippen LogP contribution in [0.4, 0.5) is 0 Å². The van der Waals surface area contributed by atoms with Gasteiger partial charge < -0.3 is 9.80 Å². The molecule has 0 aliphatic rings. The molecule has 1 N–H and O–H groups in total. The van der Waals surface area contributed by atoms with Crippen molar-refractivity contribution in [1.29, 1.82) is 0 Å². The third-order valence-electron chi connectivity index (χ3n) is 2.98. The molecule has 4 heteroatoms. The molecule has 0 fully saturated rings. The molecule has 0 bridgehead atoms. The fraction of sp³-hybridized carbons (Fsp3) is 0.857. The highest BCUT2D eigenvalue weighted by Gasteiger charge is 2.21. The van der Waals surface area contributed by atoms with Crippen LogP contribution in [0.25, 0.3) is 0 Å². The van der Waals surface area contributed by atoms with Crippen LogP contribution >= 0.6 is 0 Å². The normalized spacial score (nSPS) is 12.3. The topological polar surface area (TPSA) is 46.2 Å². The molecule has 18 heavy (non-hydrogen) atoms. The predicted octanol–water partition coefficient (Wildman–Crippen LogP) is 1.59. The summed E-state index contributed by atoms with van der Waals surface area (Å²) < 4.78 is 0.824. The zero-order valence-electron chi connectivity index (χ0n) is 12.8. The molecular weight excluding hydrogens is 228 g/mol. The Morgan fingerprint density at radius 2 is 1.67 bits per heavy atom. The van der Waals surface area contributed by atoms with Gasteiger partial charge >= 0.3 is 0 Å². The van der Waals surface area contributed by atoms with Crippen LogP contribution in [-0.4, -0.2) is 49.9 Å². The number of ketones is 1. The van der Waals surface area contributed by atoms with Gasteiger partial charge in [-0.3, -0.25) is 9.59 Å². The van der Waals surface area contributed by atoms with Gasteiger partial charge in [0.25, 0.3) is 0 Å². The number of nitrogens with zero attached hydrogens (tertiary/aromatic N) is 1. The van der Waals surface area contributed by atoms with E-state index in [1.54, 1.807) is 6.92 Å². The first-order chi connectivity index (χ1) is 8.04. The lowest BCUT2D eigenvalue weighted by Gasteiger charge is -2.29. The Balaban J connectivity index is 3.83. The summed E-state index contributed by atoms with van der Waals surface area (Å²) in [6, 6.07) is 0. The lowest BCUT2D eigenvalue weighted by atomic mass is 9.96. The van der Waals surface area contributed by atoms with Gasteiger partial charge in [0.05, 0.1) is 33.6 Å². The number of hydrogen-bond donors (Lipinski definition) is 1. The smallest absolute Gasteiger partial charge is 0.225 e. The molecule has 0 spiro atoms. The van der Waals surface area contributed by atoms with E-state index in [9.17, 15) is 9.59 Å². The molecule has 0 saturated carbocycles. The monoisotopic (exact) mass is 257 g/mol. The second kappa shape index (κ2) is 6.88. The van der Waals surface area contributed by atoms with E-state index in [1.165, 1.54) is 0 Å². The first kappa shape index (κ1) is 17.1. The average Bonchev–Trinajstić information content (AvgIpc) is 2.20. The molecule has 0 aromatic carbocycles. The number of carbonyl (C=O) groups is 2. The lowest BCUT2D eigenvalue weighted by molar-refractivity contribution is -0.889. The van der Waals surface area contributed by atoms with E-state index in [1.807, 2.05) is 20.8 Å². The Bertz CT molecular complexity index is 291. The molecule has 0 saturated heterocycles. The van der Waals surface area contributed by atoms with Gasteiger partial charge in [0.15, 0.2) is 0 Å². The third-order valence-corrected chi connectivity index (χ3v) is 2.98. The van der Waals surface area contributed by atoms with Crippen molar-refractivity contribution in [3.63, 3.8) is 0 Å². The van der Waals surface area contributed by atoms with Crippen molar-refractivity contribution in [2.24, 2.45) is 5.41 Å². The second-order valence-electron chi connectivity index (χ2n) is 6.69. The number of hydrogen-bond acceptors (Lipinski definition) is 2. The van der Waals surface area contributed by atoms with Gasteiger partial charge in [-0.05, 0) is 6.92 Å². The molecule has 106 valence electrons. The largest absolute Gasteiger partial charge is 0.355 e. The summed E-state index contributed by atoms with van der Waals surface area (Å²) in [6.07, 6.45) is 1.56. The molecule has 0 aromatic heterocycles. The maximum Gasteiger partial charge on any atom is 0.225 e. The number of rotatable bonds is 7. The number of quaternary nitrogens is 1. The van der Waals surface area contributed by atoms with Crippen molar-refractivity contribution in [3.05, 3.63) is 0 Å². The summed E-state index contributed by atoms with van der Waals surface area (Å²) in [5, 5.41) is 2.94. The van der Waals surface area contributed by atoms with E-state index < -0.39 is 0 Å². The third kappa shape index (κ3) is 8.23. The molecule has 0 atom stereocenters. The van der Waals surface area contributed by atoms with Gasteiger partial charge in [0, 0.05) is 18.4 Å². The number of Topliss-reactive ketones (excluding diaryl/α,β-unsaturated/α-hetero) is 1. The molecule has 0 heterocycles.